The van der Waals surface area contributed by atoms with Crippen molar-refractivity contribution in [3.05, 3.63) is 49.3 Å². The van der Waals surface area contributed by atoms with Crippen LogP contribution in [0.15, 0.2) is 24.4 Å². The summed E-state index contributed by atoms with van der Waals surface area (Å²) in [6.45, 7) is 2.52. The third-order valence-electron chi connectivity index (χ3n) is 2.26. The van der Waals surface area contributed by atoms with Crippen molar-refractivity contribution in [2.24, 2.45) is 0 Å². The molecule has 1 N–H and O–H groups in total. The molecule has 2 aromatic heterocycles. The fourth-order valence-electron chi connectivity index (χ4n) is 1.45. The van der Waals surface area contributed by atoms with E-state index < -0.39 is 4.92 Å². The Labute approximate surface area is 113 Å². The van der Waals surface area contributed by atoms with Crippen LogP contribution in [0.5, 0.6) is 0 Å². The number of hydrogen-bond acceptors (Lipinski definition) is 5. The van der Waals surface area contributed by atoms with Gasteiger partial charge in [-0.05, 0) is 19.1 Å². The van der Waals surface area contributed by atoms with E-state index in [1.165, 1.54) is 17.1 Å². The third-order valence-corrected chi connectivity index (χ3v) is 3.46. The molecule has 0 fully saturated rings. The molecule has 0 amide bonds. The van der Waals surface area contributed by atoms with Crippen LogP contribution in [0.25, 0.3) is 0 Å². The summed E-state index contributed by atoms with van der Waals surface area (Å²) in [5, 5.41) is 14.1. The minimum Gasteiger partial charge on any atom is -0.359 e. The van der Waals surface area contributed by atoms with E-state index in [2.05, 4.69) is 10.3 Å². The molecule has 0 aliphatic heterocycles. The average Bonchev–Trinajstić information content (AvgIpc) is 2.73. The van der Waals surface area contributed by atoms with Gasteiger partial charge in [-0.1, -0.05) is 11.6 Å². The van der Waals surface area contributed by atoms with Crippen molar-refractivity contribution in [1.82, 2.24) is 4.98 Å². The van der Waals surface area contributed by atoms with Gasteiger partial charge in [0.1, 0.15) is 0 Å². The van der Waals surface area contributed by atoms with E-state index in [9.17, 15) is 10.1 Å². The van der Waals surface area contributed by atoms with Gasteiger partial charge in [0.15, 0.2) is 0 Å². The molecule has 0 atom stereocenters. The van der Waals surface area contributed by atoms with Crippen molar-refractivity contribution in [3.8, 4) is 0 Å². The van der Waals surface area contributed by atoms with Crippen molar-refractivity contribution in [2.75, 3.05) is 5.32 Å². The molecule has 0 unspecified atom stereocenters. The van der Waals surface area contributed by atoms with Gasteiger partial charge in [-0.25, -0.2) is 4.98 Å². The molecule has 0 saturated carbocycles. The molecule has 0 aromatic carbocycles. The van der Waals surface area contributed by atoms with Crippen LogP contribution in [0.3, 0.4) is 0 Å². The van der Waals surface area contributed by atoms with Gasteiger partial charge in [0.25, 0.3) is 0 Å². The van der Waals surface area contributed by atoms with Crippen molar-refractivity contribution in [3.63, 3.8) is 0 Å². The van der Waals surface area contributed by atoms with Crippen LogP contribution in [0, 0.1) is 17.0 Å². The molecule has 94 valence electrons. The first kappa shape index (κ1) is 12.8. The fourth-order valence-corrected chi connectivity index (χ4v) is 2.44. The molecule has 0 aliphatic rings. The Kier molecular flexibility index (Phi) is 3.78. The topological polar surface area (TPSA) is 68.1 Å². The van der Waals surface area contributed by atoms with Gasteiger partial charge in [0, 0.05) is 22.0 Å². The molecule has 2 rings (SSSR count). The average molecular weight is 284 g/mol. The van der Waals surface area contributed by atoms with Gasteiger partial charge in [0.05, 0.1) is 16.5 Å². The molecular formula is C11H10ClN3O2S. The fraction of sp³-hybridized carbons (Fsp3) is 0.182. The van der Waals surface area contributed by atoms with Gasteiger partial charge in [0.2, 0.25) is 5.82 Å². The maximum Gasteiger partial charge on any atom is 0.312 e. The SMILES string of the molecule is Cc1ccc(CNc2ncc(Cl)cc2[N+](=O)[O-])s1. The number of pyridine rings is 1. The second-order valence-electron chi connectivity index (χ2n) is 3.64. The van der Waals surface area contributed by atoms with Gasteiger partial charge in [-0.3, -0.25) is 10.1 Å². The molecule has 2 aromatic rings. The number of anilines is 1. The van der Waals surface area contributed by atoms with E-state index in [0.29, 0.717) is 6.54 Å². The largest absolute Gasteiger partial charge is 0.359 e. The predicted octanol–water partition coefficient (Wildman–Crippen LogP) is 3.63. The Bertz CT molecular complexity index is 585. The highest BCUT2D eigenvalue weighted by Crippen LogP contribution is 2.26. The van der Waals surface area contributed by atoms with E-state index in [1.54, 1.807) is 11.3 Å². The van der Waals surface area contributed by atoms with Crippen LogP contribution >= 0.6 is 22.9 Å². The summed E-state index contributed by atoms with van der Waals surface area (Å²) >= 11 is 7.33. The Morgan fingerprint density at radius 3 is 2.94 bits per heavy atom. The lowest BCUT2D eigenvalue weighted by molar-refractivity contribution is -0.384. The standard InChI is InChI=1S/C11H10ClN3O2S/c1-7-2-3-9(18-7)6-14-11-10(15(16)17)4-8(12)5-13-11/h2-5H,6H2,1H3,(H,13,14). The molecular weight excluding hydrogens is 274 g/mol. The number of hydrogen-bond donors (Lipinski definition) is 1. The number of aryl methyl sites for hydroxylation is 1. The van der Waals surface area contributed by atoms with Crippen LogP contribution in [-0.2, 0) is 6.54 Å². The van der Waals surface area contributed by atoms with Crippen LogP contribution < -0.4 is 5.32 Å². The first-order valence-electron chi connectivity index (χ1n) is 5.15. The molecule has 0 spiro atoms. The molecule has 5 nitrogen and oxygen atoms in total. The number of nitrogens with one attached hydrogen (secondary N) is 1. The number of halogens is 1. The molecule has 18 heavy (non-hydrogen) atoms. The lowest BCUT2D eigenvalue weighted by Crippen LogP contribution is -2.03. The molecule has 0 aliphatic carbocycles. The Morgan fingerprint density at radius 2 is 2.33 bits per heavy atom. The van der Waals surface area contributed by atoms with Gasteiger partial charge in [-0.2, -0.15) is 0 Å². The highest BCUT2D eigenvalue weighted by molar-refractivity contribution is 7.11. The summed E-state index contributed by atoms with van der Waals surface area (Å²) < 4.78 is 0. The number of rotatable bonds is 4. The predicted molar refractivity (Wildman–Crippen MR) is 72.3 cm³/mol. The van der Waals surface area contributed by atoms with E-state index in [4.69, 9.17) is 11.6 Å². The molecule has 7 heteroatoms. The second-order valence-corrected chi connectivity index (χ2v) is 5.45. The maximum absolute atomic E-state index is 10.9. The van der Waals surface area contributed by atoms with Gasteiger partial charge >= 0.3 is 5.69 Å². The summed E-state index contributed by atoms with van der Waals surface area (Å²) in [6, 6.07) is 5.27. The van der Waals surface area contributed by atoms with Crippen LogP contribution in [-0.4, -0.2) is 9.91 Å². The number of nitro groups is 1. The number of nitrogens with zero attached hydrogens (tertiary/aromatic N) is 2. The third kappa shape index (κ3) is 2.96. The van der Waals surface area contributed by atoms with Crippen molar-refractivity contribution in [2.45, 2.75) is 13.5 Å². The molecule has 0 bridgehead atoms. The summed E-state index contributed by atoms with van der Waals surface area (Å²) in [5.41, 5.74) is -0.115. The van der Waals surface area contributed by atoms with E-state index in [0.717, 1.165) is 4.88 Å². The Balaban J connectivity index is 2.16. The molecule has 2 heterocycles. The first-order valence-corrected chi connectivity index (χ1v) is 6.35. The highest BCUT2D eigenvalue weighted by atomic mass is 35.5. The zero-order valence-corrected chi connectivity index (χ0v) is 11.1. The zero-order chi connectivity index (χ0) is 13.1. The minimum atomic E-state index is -0.499. The van der Waals surface area contributed by atoms with Crippen LogP contribution in [0.2, 0.25) is 5.02 Å². The minimum absolute atomic E-state index is 0.115. The lowest BCUT2D eigenvalue weighted by Gasteiger charge is -2.04. The van der Waals surface area contributed by atoms with Crippen molar-refractivity contribution < 1.29 is 4.92 Å². The highest BCUT2D eigenvalue weighted by Gasteiger charge is 2.15. The van der Waals surface area contributed by atoms with Crippen molar-refractivity contribution >= 4 is 34.4 Å². The van der Waals surface area contributed by atoms with E-state index in [1.807, 2.05) is 19.1 Å². The first-order chi connectivity index (χ1) is 8.56. The molecule has 0 radical (unpaired) electrons. The van der Waals surface area contributed by atoms with Crippen LogP contribution in [0.1, 0.15) is 9.75 Å². The summed E-state index contributed by atoms with van der Waals surface area (Å²) in [6.07, 6.45) is 1.39. The smallest absolute Gasteiger partial charge is 0.312 e. The molecule has 0 saturated heterocycles. The number of thiophene rings is 1. The quantitative estimate of drug-likeness (QED) is 0.687. The zero-order valence-electron chi connectivity index (χ0n) is 9.51. The summed E-state index contributed by atoms with van der Waals surface area (Å²) in [5.74, 6) is 0.232. The van der Waals surface area contributed by atoms with Crippen molar-refractivity contribution in [1.29, 1.82) is 0 Å². The van der Waals surface area contributed by atoms with Gasteiger partial charge < -0.3 is 5.32 Å². The normalized spacial score (nSPS) is 10.3. The summed E-state index contributed by atoms with van der Waals surface area (Å²) in [4.78, 5) is 16.6. The maximum atomic E-state index is 10.9. The summed E-state index contributed by atoms with van der Waals surface area (Å²) in [7, 11) is 0. The van der Waals surface area contributed by atoms with Crippen LogP contribution in [0.4, 0.5) is 11.5 Å². The second kappa shape index (κ2) is 5.32. The van der Waals surface area contributed by atoms with E-state index >= 15 is 0 Å². The Hall–Kier alpha value is -1.66. The van der Waals surface area contributed by atoms with Gasteiger partial charge in [-0.15, -0.1) is 11.3 Å². The van der Waals surface area contributed by atoms with E-state index in [-0.39, 0.29) is 16.5 Å². The number of aromatic nitrogens is 1. The monoisotopic (exact) mass is 283 g/mol. The lowest BCUT2D eigenvalue weighted by atomic mass is 10.3. The Morgan fingerprint density at radius 1 is 1.56 bits per heavy atom.